The Bertz CT molecular complexity index is 549. The molecule has 0 radical (unpaired) electrons. The Labute approximate surface area is 120 Å². The number of ether oxygens (including phenoxy) is 1. The maximum Gasteiger partial charge on any atom is 0.251 e. The van der Waals surface area contributed by atoms with E-state index in [2.05, 4.69) is 5.32 Å². The normalized spacial score (nSPS) is 13.2. The fourth-order valence-electron chi connectivity index (χ4n) is 1.49. The predicted octanol–water partition coefficient (Wildman–Crippen LogP) is 1.63. The molecule has 0 fully saturated rings. The van der Waals surface area contributed by atoms with Gasteiger partial charge in [0, 0.05) is 19.2 Å². The van der Waals surface area contributed by atoms with E-state index in [1.54, 1.807) is 21.0 Å². The molecule has 0 bridgehead atoms. The van der Waals surface area contributed by atoms with E-state index >= 15 is 0 Å². The monoisotopic (exact) mass is 299 g/mol. The molecule has 0 aliphatic heterocycles. The molecule has 0 saturated heterocycles. The molecule has 1 rings (SSSR count). The lowest BCUT2D eigenvalue weighted by Gasteiger charge is -2.11. The lowest BCUT2D eigenvalue weighted by atomic mass is 10.2. The Kier molecular flexibility index (Phi) is 5.71. The van der Waals surface area contributed by atoms with Gasteiger partial charge in [-0.15, -0.1) is 0 Å². The van der Waals surface area contributed by atoms with Gasteiger partial charge in [0.25, 0.3) is 5.91 Å². The first kappa shape index (κ1) is 16.7. The summed E-state index contributed by atoms with van der Waals surface area (Å²) in [6, 6.07) is 5.96. The molecule has 20 heavy (non-hydrogen) atoms. The molecule has 1 N–H and O–H groups in total. The maximum absolute atomic E-state index is 11.9. The number of nitrogens with one attached hydrogen (secondary N) is 1. The molecule has 1 atom stereocenters. The number of carbonyl (C=O) groups excluding carboxylic acids is 1. The third-order valence-electron chi connectivity index (χ3n) is 3.02. The Hall–Kier alpha value is -1.40. The number of benzene rings is 1. The van der Waals surface area contributed by atoms with Crippen LogP contribution in [0.2, 0.25) is 0 Å². The number of hydrogen-bond donors (Lipinski definition) is 1. The van der Waals surface area contributed by atoms with Crippen molar-refractivity contribution in [1.29, 1.82) is 0 Å². The van der Waals surface area contributed by atoms with Gasteiger partial charge in [-0.05, 0) is 45.0 Å². The predicted molar refractivity (Wildman–Crippen MR) is 77.6 cm³/mol. The summed E-state index contributed by atoms with van der Waals surface area (Å²) in [5.74, 6) is -0.248. The molecule has 0 heterocycles. The van der Waals surface area contributed by atoms with Gasteiger partial charge in [-0.1, -0.05) is 0 Å². The van der Waals surface area contributed by atoms with E-state index < -0.39 is 15.1 Å². The van der Waals surface area contributed by atoms with E-state index in [-0.39, 0.29) is 16.9 Å². The number of carbonyl (C=O) groups is 1. The van der Waals surface area contributed by atoms with Gasteiger partial charge in [0.15, 0.2) is 9.84 Å². The zero-order valence-electron chi connectivity index (χ0n) is 12.2. The van der Waals surface area contributed by atoms with Gasteiger partial charge in [-0.2, -0.15) is 0 Å². The summed E-state index contributed by atoms with van der Waals surface area (Å²) in [5, 5.41) is 2.24. The SMILES string of the molecule is CO[C@@H](C)CNC(=O)c1ccc(S(=O)(=O)C(C)C)cc1. The third kappa shape index (κ3) is 4.05. The molecule has 1 aromatic carbocycles. The number of rotatable bonds is 6. The van der Waals surface area contributed by atoms with E-state index in [1.807, 2.05) is 6.92 Å². The van der Waals surface area contributed by atoms with Gasteiger partial charge >= 0.3 is 0 Å². The molecule has 0 saturated carbocycles. The lowest BCUT2D eigenvalue weighted by Crippen LogP contribution is -2.31. The number of sulfone groups is 1. The van der Waals surface area contributed by atoms with Gasteiger partial charge in [-0.25, -0.2) is 8.42 Å². The Morgan fingerprint density at radius 1 is 1.20 bits per heavy atom. The van der Waals surface area contributed by atoms with Crippen LogP contribution in [0.25, 0.3) is 0 Å². The topological polar surface area (TPSA) is 72.5 Å². The fraction of sp³-hybridized carbons (Fsp3) is 0.500. The van der Waals surface area contributed by atoms with Gasteiger partial charge in [0.05, 0.1) is 16.2 Å². The highest BCUT2D eigenvalue weighted by Crippen LogP contribution is 2.16. The van der Waals surface area contributed by atoms with Crippen molar-refractivity contribution >= 4 is 15.7 Å². The second kappa shape index (κ2) is 6.85. The molecular weight excluding hydrogens is 278 g/mol. The van der Waals surface area contributed by atoms with E-state index in [4.69, 9.17) is 4.74 Å². The number of methoxy groups -OCH3 is 1. The molecule has 0 aliphatic carbocycles. The second-order valence-electron chi connectivity index (χ2n) is 4.87. The summed E-state index contributed by atoms with van der Waals surface area (Å²) >= 11 is 0. The van der Waals surface area contributed by atoms with Crippen LogP contribution in [0.3, 0.4) is 0 Å². The van der Waals surface area contributed by atoms with Crippen molar-refractivity contribution in [3.8, 4) is 0 Å². The smallest absolute Gasteiger partial charge is 0.251 e. The first-order valence-electron chi connectivity index (χ1n) is 6.44. The molecule has 0 aromatic heterocycles. The summed E-state index contributed by atoms with van der Waals surface area (Å²) in [5.41, 5.74) is 0.427. The van der Waals surface area contributed by atoms with Crippen molar-refractivity contribution < 1.29 is 17.9 Å². The maximum atomic E-state index is 11.9. The van der Waals surface area contributed by atoms with Crippen molar-refractivity contribution in [3.63, 3.8) is 0 Å². The number of amides is 1. The van der Waals surface area contributed by atoms with Crippen LogP contribution in [0.15, 0.2) is 29.2 Å². The molecule has 6 heteroatoms. The minimum absolute atomic E-state index is 0.0699. The number of hydrogen-bond acceptors (Lipinski definition) is 4. The van der Waals surface area contributed by atoms with Crippen molar-refractivity contribution in [1.82, 2.24) is 5.32 Å². The largest absolute Gasteiger partial charge is 0.380 e. The van der Waals surface area contributed by atoms with Crippen LogP contribution >= 0.6 is 0 Å². The quantitative estimate of drug-likeness (QED) is 0.866. The van der Waals surface area contributed by atoms with Gasteiger partial charge in [0.1, 0.15) is 0 Å². The first-order chi connectivity index (χ1) is 9.28. The molecule has 1 amide bonds. The highest BCUT2D eigenvalue weighted by atomic mass is 32.2. The zero-order valence-corrected chi connectivity index (χ0v) is 13.0. The second-order valence-corrected chi connectivity index (χ2v) is 7.38. The zero-order chi connectivity index (χ0) is 15.3. The van der Waals surface area contributed by atoms with Crippen LogP contribution in [-0.4, -0.2) is 39.3 Å². The van der Waals surface area contributed by atoms with E-state index in [0.29, 0.717) is 12.1 Å². The molecule has 1 aromatic rings. The van der Waals surface area contributed by atoms with Gasteiger partial charge < -0.3 is 10.1 Å². The molecule has 5 nitrogen and oxygen atoms in total. The third-order valence-corrected chi connectivity index (χ3v) is 5.19. The first-order valence-corrected chi connectivity index (χ1v) is 7.98. The van der Waals surface area contributed by atoms with E-state index in [9.17, 15) is 13.2 Å². The molecular formula is C14H21NO4S. The summed E-state index contributed by atoms with van der Waals surface area (Å²) in [6.45, 7) is 5.50. The van der Waals surface area contributed by atoms with Crippen LogP contribution in [0.4, 0.5) is 0 Å². The molecule has 0 spiro atoms. The average Bonchev–Trinajstić information content (AvgIpc) is 2.44. The summed E-state index contributed by atoms with van der Waals surface area (Å²) in [4.78, 5) is 12.1. The summed E-state index contributed by atoms with van der Waals surface area (Å²) in [7, 11) is -1.73. The highest BCUT2D eigenvalue weighted by molar-refractivity contribution is 7.92. The Morgan fingerprint density at radius 2 is 1.75 bits per heavy atom. The van der Waals surface area contributed by atoms with Crippen LogP contribution in [0, 0.1) is 0 Å². The van der Waals surface area contributed by atoms with E-state index in [1.165, 1.54) is 24.3 Å². The van der Waals surface area contributed by atoms with Crippen LogP contribution in [0.1, 0.15) is 31.1 Å². The standard InChI is InChI=1S/C14H21NO4S/c1-10(2)20(17,18)13-7-5-12(6-8-13)14(16)15-9-11(3)19-4/h5-8,10-11H,9H2,1-4H3,(H,15,16)/t11-/m0/s1. The summed E-state index contributed by atoms with van der Waals surface area (Å²) in [6.07, 6.45) is -0.0699. The van der Waals surface area contributed by atoms with E-state index in [0.717, 1.165) is 0 Å². The summed E-state index contributed by atoms with van der Waals surface area (Å²) < 4.78 is 28.9. The average molecular weight is 299 g/mol. The molecule has 0 aliphatic rings. The Morgan fingerprint density at radius 3 is 2.20 bits per heavy atom. The van der Waals surface area contributed by atoms with Crippen LogP contribution in [-0.2, 0) is 14.6 Å². The minimum atomic E-state index is -3.30. The fourth-order valence-corrected chi connectivity index (χ4v) is 2.55. The molecule has 112 valence electrons. The van der Waals surface area contributed by atoms with Gasteiger partial charge in [0.2, 0.25) is 0 Å². The Balaban J connectivity index is 2.79. The van der Waals surface area contributed by atoms with Crippen molar-refractivity contribution in [3.05, 3.63) is 29.8 Å². The van der Waals surface area contributed by atoms with Crippen molar-refractivity contribution in [2.45, 2.75) is 37.0 Å². The van der Waals surface area contributed by atoms with Crippen molar-refractivity contribution in [2.24, 2.45) is 0 Å². The van der Waals surface area contributed by atoms with Crippen molar-refractivity contribution in [2.75, 3.05) is 13.7 Å². The van der Waals surface area contributed by atoms with Crippen LogP contribution < -0.4 is 5.32 Å². The minimum Gasteiger partial charge on any atom is -0.380 e. The lowest BCUT2D eigenvalue weighted by molar-refractivity contribution is 0.0870. The van der Waals surface area contributed by atoms with Gasteiger partial charge in [-0.3, -0.25) is 4.79 Å². The van der Waals surface area contributed by atoms with Crippen LogP contribution in [0.5, 0.6) is 0 Å². The highest BCUT2D eigenvalue weighted by Gasteiger charge is 2.19. The molecule has 0 unspecified atom stereocenters.